The fraction of sp³-hybridized carbons (Fsp3) is 0.296. The Labute approximate surface area is 219 Å². The van der Waals surface area contributed by atoms with Crippen LogP contribution in [0.1, 0.15) is 34.4 Å². The van der Waals surface area contributed by atoms with Crippen molar-refractivity contribution in [1.29, 1.82) is 0 Å². The SMILES string of the molecule is Cc1ccc(NC(=O)[C@H](SC(=S)N2C[C@H]3C[C@@H](C2)c2cccc(=O)n2C3)c2ccccc2)c(Cl)c1. The predicted molar refractivity (Wildman–Crippen MR) is 147 cm³/mol. The number of anilines is 1. The highest BCUT2D eigenvalue weighted by atomic mass is 35.5. The molecule has 5 nitrogen and oxygen atoms in total. The number of aryl methyl sites for hydroxylation is 1. The van der Waals surface area contributed by atoms with Gasteiger partial charge in [0.2, 0.25) is 5.91 Å². The van der Waals surface area contributed by atoms with Crippen molar-refractivity contribution in [1.82, 2.24) is 9.47 Å². The molecule has 8 heteroatoms. The van der Waals surface area contributed by atoms with E-state index in [1.165, 1.54) is 11.8 Å². The molecule has 5 rings (SSSR count). The van der Waals surface area contributed by atoms with Gasteiger partial charge in [-0.1, -0.05) is 78.0 Å². The smallest absolute Gasteiger partial charge is 0.250 e. The first-order valence-electron chi connectivity index (χ1n) is 11.7. The summed E-state index contributed by atoms with van der Waals surface area (Å²) in [7, 11) is 0. The molecule has 2 aliphatic rings. The second-order valence-electron chi connectivity index (χ2n) is 9.25. The van der Waals surface area contributed by atoms with Crippen LogP contribution in [0.5, 0.6) is 0 Å². The van der Waals surface area contributed by atoms with Crippen molar-refractivity contribution in [2.45, 2.75) is 31.1 Å². The molecule has 0 unspecified atom stereocenters. The van der Waals surface area contributed by atoms with Gasteiger partial charge in [0, 0.05) is 37.3 Å². The maximum atomic E-state index is 13.5. The van der Waals surface area contributed by atoms with Gasteiger partial charge in [-0.15, -0.1) is 0 Å². The number of thiocarbonyl (C=S) groups is 1. The average molecular weight is 524 g/mol. The monoisotopic (exact) mass is 523 g/mol. The summed E-state index contributed by atoms with van der Waals surface area (Å²) < 4.78 is 2.61. The average Bonchev–Trinajstić information content (AvgIpc) is 2.85. The maximum absolute atomic E-state index is 13.5. The number of hydrogen-bond donors (Lipinski definition) is 1. The second-order valence-corrected chi connectivity index (χ2v) is 11.4. The van der Waals surface area contributed by atoms with Crippen LogP contribution in [0.3, 0.4) is 0 Å². The molecule has 0 saturated carbocycles. The molecule has 1 amide bonds. The van der Waals surface area contributed by atoms with Gasteiger partial charge in [-0.2, -0.15) is 0 Å². The summed E-state index contributed by atoms with van der Waals surface area (Å²) >= 11 is 13.7. The zero-order chi connectivity index (χ0) is 24.5. The number of carbonyl (C=O) groups excluding carboxylic acids is 1. The van der Waals surface area contributed by atoms with Crippen LogP contribution >= 0.6 is 35.6 Å². The van der Waals surface area contributed by atoms with E-state index in [1.54, 1.807) is 6.07 Å². The lowest BCUT2D eigenvalue weighted by atomic mass is 9.83. The molecular formula is C27H26ClN3O2S2. The van der Waals surface area contributed by atoms with E-state index in [0.29, 0.717) is 27.5 Å². The van der Waals surface area contributed by atoms with Gasteiger partial charge < -0.3 is 14.8 Å². The molecular weight excluding hydrogens is 498 g/mol. The Hall–Kier alpha value is -2.61. The molecule has 0 spiro atoms. The molecule has 180 valence electrons. The topological polar surface area (TPSA) is 54.3 Å². The molecule has 35 heavy (non-hydrogen) atoms. The number of amides is 1. The highest BCUT2D eigenvalue weighted by molar-refractivity contribution is 8.23. The van der Waals surface area contributed by atoms with Crippen LogP contribution in [0, 0.1) is 12.8 Å². The predicted octanol–water partition coefficient (Wildman–Crippen LogP) is 5.63. The summed E-state index contributed by atoms with van der Waals surface area (Å²) in [6.07, 6.45) is 1.06. The molecule has 1 N–H and O–H groups in total. The number of halogens is 1. The van der Waals surface area contributed by atoms with Crippen LogP contribution < -0.4 is 10.9 Å². The fourth-order valence-corrected chi connectivity index (χ4v) is 6.72. The highest BCUT2D eigenvalue weighted by Crippen LogP contribution is 2.39. The molecule has 1 aromatic heterocycles. The van der Waals surface area contributed by atoms with Gasteiger partial charge >= 0.3 is 0 Å². The summed E-state index contributed by atoms with van der Waals surface area (Å²) in [5.41, 5.74) is 3.65. The first kappa shape index (κ1) is 24.1. The lowest BCUT2D eigenvalue weighted by molar-refractivity contribution is -0.115. The molecule has 3 atom stereocenters. The first-order valence-corrected chi connectivity index (χ1v) is 13.3. The largest absolute Gasteiger partial charge is 0.356 e. The molecule has 3 aromatic rings. The van der Waals surface area contributed by atoms with Gasteiger partial charge in [-0.25, -0.2) is 0 Å². The third-order valence-electron chi connectivity index (χ3n) is 6.68. The highest BCUT2D eigenvalue weighted by Gasteiger charge is 2.36. The normalized spacial score (nSPS) is 19.5. The molecule has 0 aliphatic carbocycles. The molecule has 2 bridgehead atoms. The fourth-order valence-electron chi connectivity index (χ4n) is 5.04. The Morgan fingerprint density at radius 2 is 1.89 bits per heavy atom. The number of pyridine rings is 1. The van der Waals surface area contributed by atoms with Crippen molar-refractivity contribution >= 4 is 51.5 Å². The number of thioether (sulfide) groups is 1. The van der Waals surface area contributed by atoms with Crippen molar-refractivity contribution < 1.29 is 4.79 Å². The number of carbonyl (C=O) groups is 1. The van der Waals surface area contributed by atoms with Crippen LogP contribution in [0.2, 0.25) is 5.02 Å². The van der Waals surface area contributed by atoms with Crippen molar-refractivity contribution in [3.63, 3.8) is 0 Å². The van der Waals surface area contributed by atoms with Gasteiger partial charge in [0.05, 0.1) is 10.7 Å². The Morgan fingerprint density at radius 1 is 1.09 bits per heavy atom. The van der Waals surface area contributed by atoms with Crippen LogP contribution in [0.25, 0.3) is 0 Å². The second kappa shape index (κ2) is 10.2. The van der Waals surface area contributed by atoms with E-state index >= 15 is 0 Å². The van der Waals surface area contributed by atoms with E-state index in [2.05, 4.69) is 10.2 Å². The molecule has 0 radical (unpaired) electrons. The van der Waals surface area contributed by atoms with Gasteiger partial charge in [-0.05, 0) is 48.6 Å². The summed E-state index contributed by atoms with van der Waals surface area (Å²) in [5, 5.41) is 2.99. The maximum Gasteiger partial charge on any atom is 0.250 e. The molecule has 2 aliphatic heterocycles. The van der Waals surface area contributed by atoms with E-state index in [1.807, 2.05) is 72.2 Å². The Bertz CT molecular complexity index is 1330. The number of nitrogens with zero attached hydrogens (tertiary/aromatic N) is 2. The number of fused-ring (bicyclic) bond motifs is 4. The Morgan fingerprint density at radius 3 is 2.66 bits per heavy atom. The third-order valence-corrected chi connectivity index (χ3v) is 8.72. The molecule has 2 aromatic carbocycles. The first-order chi connectivity index (χ1) is 16.9. The number of piperidine rings is 1. The third kappa shape index (κ3) is 5.17. The number of aromatic nitrogens is 1. The minimum absolute atomic E-state index is 0.0678. The van der Waals surface area contributed by atoms with E-state index in [0.717, 1.165) is 36.3 Å². The zero-order valence-electron chi connectivity index (χ0n) is 19.3. The summed E-state index contributed by atoms with van der Waals surface area (Å²) in [4.78, 5) is 28.0. The van der Waals surface area contributed by atoms with Crippen LogP contribution in [0.15, 0.2) is 71.5 Å². The van der Waals surface area contributed by atoms with Crippen molar-refractivity contribution in [3.05, 3.63) is 98.9 Å². The van der Waals surface area contributed by atoms with Crippen molar-refractivity contribution in [2.24, 2.45) is 5.92 Å². The lowest BCUT2D eigenvalue weighted by Gasteiger charge is -2.43. The van der Waals surface area contributed by atoms with Crippen molar-refractivity contribution in [3.8, 4) is 0 Å². The Balaban J connectivity index is 1.36. The van der Waals surface area contributed by atoms with Crippen molar-refractivity contribution in [2.75, 3.05) is 18.4 Å². The summed E-state index contributed by atoms with van der Waals surface area (Å²) in [6, 6.07) is 20.8. The van der Waals surface area contributed by atoms with Gasteiger partial charge in [0.15, 0.2) is 0 Å². The van der Waals surface area contributed by atoms with Gasteiger partial charge in [0.1, 0.15) is 9.57 Å². The van der Waals surface area contributed by atoms with E-state index in [4.69, 9.17) is 23.8 Å². The quantitative estimate of drug-likeness (QED) is 0.449. The summed E-state index contributed by atoms with van der Waals surface area (Å²) in [6.45, 7) is 4.21. The zero-order valence-corrected chi connectivity index (χ0v) is 21.7. The van der Waals surface area contributed by atoms with Crippen LogP contribution in [-0.4, -0.2) is 32.8 Å². The number of hydrogen-bond acceptors (Lipinski definition) is 4. The molecule has 1 fully saturated rings. The van der Waals surface area contributed by atoms with E-state index in [9.17, 15) is 9.59 Å². The van der Waals surface area contributed by atoms with Crippen LogP contribution in [0.4, 0.5) is 5.69 Å². The standard InChI is InChI=1S/C27H26ClN3O2S2/c1-17-10-11-22(21(28)12-17)29-26(33)25(19-6-3-2-4-7-19)35-27(34)30-14-18-13-20(16-30)23-8-5-9-24(32)31(23)15-18/h2-12,18,20,25H,13-16H2,1H3,(H,29,33)/t18-,20+,25-/m1/s1. The number of rotatable bonds is 4. The Kier molecular flexibility index (Phi) is 7.00. The van der Waals surface area contributed by atoms with Gasteiger partial charge in [-0.3, -0.25) is 9.59 Å². The van der Waals surface area contributed by atoms with E-state index < -0.39 is 5.25 Å². The molecule has 1 saturated heterocycles. The summed E-state index contributed by atoms with van der Waals surface area (Å²) in [5.74, 6) is 0.448. The minimum Gasteiger partial charge on any atom is -0.356 e. The van der Waals surface area contributed by atoms with Gasteiger partial charge in [0.25, 0.3) is 5.56 Å². The number of benzene rings is 2. The van der Waals surface area contributed by atoms with E-state index in [-0.39, 0.29) is 17.4 Å². The van der Waals surface area contributed by atoms with Crippen LogP contribution in [-0.2, 0) is 11.3 Å². The minimum atomic E-state index is -0.516. The number of nitrogens with one attached hydrogen (secondary N) is 1. The number of likely N-dealkylation sites (tertiary alicyclic amines) is 1. The lowest BCUT2D eigenvalue weighted by Crippen LogP contribution is -2.48. The molecule has 3 heterocycles.